The van der Waals surface area contributed by atoms with Crippen LogP contribution in [0.1, 0.15) is 17.5 Å². The van der Waals surface area contributed by atoms with Gasteiger partial charge in [0.15, 0.2) is 0 Å². The number of hydrogen-bond donors (Lipinski definition) is 2. The maximum atomic E-state index is 12.2. The van der Waals surface area contributed by atoms with Crippen molar-refractivity contribution in [3.05, 3.63) is 74.3 Å². The first-order valence-electron chi connectivity index (χ1n) is 9.55. The van der Waals surface area contributed by atoms with Crippen LogP contribution in [0.5, 0.6) is 0 Å². The molecular formula is C21H22Cl2N4O2. The summed E-state index contributed by atoms with van der Waals surface area (Å²) in [5, 5.41) is 12.2. The summed E-state index contributed by atoms with van der Waals surface area (Å²) < 4.78 is 0. The van der Waals surface area contributed by atoms with Crippen molar-refractivity contribution in [3.8, 4) is 0 Å². The number of H-pyrrole nitrogens is 1. The number of benzene rings is 2. The Hall–Kier alpha value is -1.96. The Balaban J connectivity index is 1.35. The smallest absolute Gasteiger partial charge is 0.258 e. The second-order valence-electron chi connectivity index (χ2n) is 7.29. The van der Waals surface area contributed by atoms with Gasteiger partial charge in [-0.25, -0.2) is 4.98 Å². The van der Waals surface area contributed by atoms with E-state index in [1.807, 2.05) is 18.2 Å². The van der Waals surface area contributed by atoms with Crippen LogP contribution in [0.25, 0.3) is 10.9 Å². The number of aromatic nitrogens is 2. The minimum absolute atomic E-state index is 0.106. The molecule has 2 heterocycles. The van der Waals surface area contributed by atoms with Crippen LogP contribution >= 0.6 is 23.2 Å². The van der Waals surface area contributed by atoms with E-state index in [2.05, 4.69) is 19.8 Å². The van der Waals surface area contributed by atoms with E-state index in [0.29, 0.717) is 45.4 Å². The molecule has 29 heavy (non-hydrogen) atoms. The molecule has 0 aliphatic carbocycles. The van der Waals surface area contributed by atoms with Gasteiger partial charge in [-0.2, -0.15) is 0 Å². The minimum Gasteiger partial charge on any atom is -0.387 e. The van der Waals surface area contributed by atoms with Gasteiger partial charge < -0.3 is 10.1 Å². The number of para-hydroxylation sites is 1. The first-order chi connectivity index (χ1) is 14.0. The van der Waals surface area contributed by atoms with Crippen molar-refractivity contribution in [1.29, 1.82) is 0 Å². The van der Waals surface area contributed by atoms with E-state index in [9.17, 15) is 9.90 Å². The van der Waals surface area contributed by atoms with Crippen LogP contribution in [0.3, 0.4) is 0 Å². The number of aliphatic hydroxyl groups is 1. The summed E-state index contributed by atoms with van der Waals surface area (Å²) in [4.78, 5) is 24.1. The van der Waals surface area contributed by atoms with E-state index in [1.165, 1.54) is 0 Å². The van der Waals surface area contributed by atoms with Gasteiger partial charge in [-0.3, -0.25) is 14.6 Å². The fourth-order valence-electron chi connectivity index (χ4n) is 3.66. The third-order valence-corrected chi connectivity index (χ3v) is 5.83. The van der Waals surface area contributed by atoms with Crippen molar-refractivity contribution in [2.45, 2.75) is 12.6 Å². The molecule has 1 atom stereocenters. The fourth-order valence-corrected chi connectivity index (χ4v) is 4.09. The lowest BCUT2D eigenvalue weighted by Crippen LogP contribution is -2.47. The molecule has 1 saturated heterocycles. The van der Waals surface area contributed by atoms with Crippen molar-refractivity contribution in [2.75, 3.05) is 32.7 Å². The average Bonchev–Trinajstić information content (AvgIpc) is 2.71. The molecule has 0 saturated carbocycles. The third-order valence-electron chi connectivity index (χ3n) is 5.25. The van der Waals surface area contributed by atoms with Crippen LogP contribution < -0.4 is 5.56 Å². The Bertz CT molecular complexity index is 1060. The van der Waals surface area contributed by atoms with Gasteiger partial charge >= 0.3 is 0 Å². The molecule has 1 unspecified atom stereocenters. The number of rotatable bonds is 5. The van der Waals surface area contributed by atoms with E-state index in [1.54, 1.807) is 24.3 Å². The number of hydrogen-bond acceptors (Lipinski definition) is 5. The number of fused-ring (bicyclic) bond motifs is 1. The number of nitrogens with zero attached hydrogens (tertiary/aromatic N) is 3. The summed E-state index contributed by atoms with van der Waals surface area (Å²) >= 11 is 12.2. The molecule has 1 aliphatic heterocycles. The van der Waals surface area contributed by atoms with Gasteiger partial charge in [-0.15, -0.1) is 0 Å². The molecule has 0 radical (unpaired) electrons. The van der Waals surface area contributed by atoms with Gasteiger partial charge in [0.2, 0.25) is 0 Å². The summed E-state index contributed by atoms with van der Waals surface area (Å²) in [5.41, 5.74) is 1.26. The van der Waals surface area contributed by atoms with Crippen LogP contribution in [-0.4, -0.2) is 57.6 Å². The van der Waals surface area contributed by atoms with Crippen LogP contribution in [0, 0.1) is 0 Å². The standard InChI is InChI=1S/C21H22Cl2N4O2/c22-14-5-6-17(23)16(11-14)19(28)12-26-7-9-27(10-8-26)13-20-24-18-4-2-1-3-15(18)21(29)25-20/h1-6,11,19,28H,7-10,12-13H2,(H,24,25,29). The van der Waals surface area contributed by atoms with Gasteiger partial charge in [0.05, 0.1) is 23.6 Å². The number of β-amino-alcohol motifs (C(OH)–C–C–N with tert-alkyl or cyclic N) is 1. The molecule has 152 valence electrons. The second-order valence-corrected chi connectivity index (χ2v) is 8.13. The van der Waals surface area contributed by atoms with E-state index in [4.69, 9.17) is 23.2 Å². The van der Waals surface area contributed by atoms with E-state index in [0.717, 1.165) is 26.2 Å². The van der Waals surface area contributed by atoms with Crippen LogP contribution in [-0.2, 0) is 6.54 Å². The first kappa shape index (κ1) is 20.3. The Kier molecular flexibility index (Phi) is 6.18. The predicted octanol–water partition coefficient (Wildman–Crippen LogP) is 3.08. The zero-order valence-corrected chi connectivity index (χ0v) is 17.3. The van der Waals surface area contributed by atoms with Crippen LogP contribution in [0.2, 0.25) is 10.0 Å². The van der Waals surface area contributed by atoms with Crippen molar-refractivity contribution < 1.29 is 5.11 Å². The van der Waals surface area contributed by atoms with Crippen LogP contribution in [0.15, 0.2) is 47.3 Å². The molecule has 4 rings (SSSR count). The highest BCUT2D eigenvalue weighted by molar-refractivity contribution is 6.33. The van der Waals surface area contributed by atoms with Gasteiger partial charge in [-0.1, -0.05) is 35.3 Å². The Morgan fingerprint density at radius 1 is 1.07 bits per heavy atom. The lowest BCUT2D eigenvalue weighted by atomic mass is 10.1. The number of aliphatic hydroxyl groups excluding tert-OH is 1. The Morgan fingerprint density at radius 2 is 1.79 bits per heavy atom. The van der Waals surface area contributed by atoms with Crippen molar-refractivity contribution >= 4 is 34.1 Å². The van der Waals surface area contributed by atoms with Gasteiger partial charge in [-0.05, 0) is 30.3 Å². The topological polar surface area (TPSA) is 72.5 Å². The monoisotopic (exact) mass is 432 g/mol. The van der Waals surface area contributed by atoms with Gasteiger partial charge in [0.25, 0.3) is 5.56 Å². The summed E-state index contributed by atoms with van der Waals surface area (Å²) in [5.74, 6) is 0.674. The maximum absolute atomic E-state index is 12.2. The molecule has 8 heteroatoms. The zero-order valence-electron chi connectivity index (χ0n) is 15.8. The predicted molar refractivity (Wildman–Crippen MR) is 116 cm³/mol. The summed E-state index contributed by atoms with van der Waals surface area (Å²) in [6.07, 6.45) is -0.689. The fraction of sp³-hybridized carbons (Fsp3) is 0.333. The summed E-state index contributed by atoms with van der Waals surface area (Å²) in [7, 11) is 0. The number of halogens is 2. The van der Waals surface area contributed by atoms with Gasteiger partial charge in [0.1, 0.15) is 5.82 Å². The molecular weight excluding hydrogens is 411 g/mol. The average molecular weight is 433 g/mol. The highest BCUT2D eigenvalue weighted by atomic mass is 35.5. The first-order valence-corrected chi connectivity index (χ1v) is 10.3. The van der Waals surface area contributed by atoms with Crippen LogP contribution in [0.4, 0.5) is 0 Å². The van der Waals surface area contributed by atoms with Crippen molar-refractivity contribution in [1.82, 2.24) is 19.8 Å². The molecule has 6 nitrogen and oxygen atoms in total. The second kappa shape index (κ2) is 8.81. The SMILES string of the molecule is O=c1[nH]c(CN2CCN(CC(O)c3cc(Cl)ccc3Cl)CC2)nc2ccccc12. The summed E-state index contributed by atoms with van der Waals surface area (Å²) in [6, 6.07) is 12.5. The molecule has 2 N–H and O–H groups in total. The molecule has 3 aromatic rings. The number of aromatic amines is 1. The molecule has 1 aliphatic rings. The quantitative estimate of drug-likeness (QED) is 0.647. The lowest BCUT2D eigenvalue weighted by molar-refractivity contribution is 0.0693. The number of piperazine rings is 1. The maximum Gasteiger partial charge on any atom is 0.258 e. The van der Waals surface area contributed by atoms with Gasteiger partial charge in [0, 0.05) is 48.3 Å². The van der Waals surface area contributed by atoms with E-state index < -0.39 is 6.10 Å². The molecule has 1 aromatic heterocycles. The van der Waals surface area contributed by atoms with E-state index >= 15 is 0 Å². The zero-order chi connectivity index (χ0) is 20.4. The molecule has 0 amide bonds. The molecule has 1 fully saturated rings. The highest BCUT2D eigenvalue weighted by Gasteiger charge is 2.22. The highest BCUT2D eigenvalue weighted by Crippen LogP contribution is 2.27. The van der Waals surface area contributed by atoms with Crippen molar-refractivity contribution in [2.24, 2.45) is 0 Å². The molecule has 0 bridgehead atoms. The molecule has 2 aromatic carbocycles. The molecule has 0 spiro atoms. The third kappa shape index (κ3) is 4.79. The summed E-state index contributed by atoms with van der Waals surface area (Å²) in [6.45, 7) is 4.37. The van der Waals surface area contributed by atoms with E-state index in [-0.39, 0.29) is 5.56 Å². The number of nitrogens with one attached hydrogen (secondary N) is 1. The van der Waals surface area contributed by atoms with Crippen molar-refractivity contribution in [3.63, 3.8) is 0 Å². The largest absolute Gasteiger partial charge is 0.387 e. The Morgan fingerprint density at radius 3 is 2.59 bits per heavy atom. The minimum atomic E-state index is -0.689. The lowest BCUT2D eigenvalue weighted by Gasteiger charge is -2.35. The normalized spacial score (nSPS) is 16.9. The Labute approximate surface area is 178 Å².